The predicted molar refractivity (Wildman–Crippen MR) is 54.2 cm³/mol. The van der Waals surface area contributed by atoms with Crippen LogP contribution >= 0.6 is 0 Å². The van der Waals surface area contributed by atoms with Gasteiger partial charge in [-0.2, -0.15) is 0 Å². The maximum Gasteiger partial charge on any atom is 0.169 e. The first kappa shape index (κ1) is 10.4. The lowest BCUT2D eigenvalue weighted by molar-refractivity contribution is -0.175. The number of hydrogen-bond acceptors (Lipinski definition) is 4. The van der Waals surface area contributed by atoms with Crippen molar-refractivity contribution in [3.8, 4) is 0 Å². The molecule has 2 fully saturated rings. The van der Waals surface area contributed by atoms with Crippen LogP contribution in [-0.4, -0.2) is 45.2 Å². The van der Waals surface area contributed by atoms with E-state index in [1.807, 2.05) is 0 Å². The lowest BCUT2D eigenvalue weighted by Crippen LogP contribution is -2.38. The summed E-state index contributed by atoms with van der Waals surface area (Å²) in [5.74, 6) is 0. The Labute approximate surface area is 85.3 Å². The molecule has 4 nitrogen and oxygen atoms in total. The van der Waals surface area contributed by atoms with Gasteiger partial charge in [-0.25, -0.2) is 0 Å². The molecule has 2 N–H and O–H groups in total. The van der Waals surface area contributed by atoms with E-state index in [9.17, 15) is 0 Å². The zero-order valence-electron chi connectivity index (χ0n) is 8.63. The lowest BCUT2D eigenvalue weighted by atomic mass is 10.4. The summed E-state index contributed by atoms with van der Waals surface area (Å²) in [6.45, 7) is 4.54. The highest BCUT2D eigenvalue weighted by Crippen LogP contribution is 2.17. The fraction of sp³-hybridized carbons (Fsp3) is 1.00. The van der Waals surface area contributed by atoms with E-state index < -0.39 is 0 Å². The van der Waals surface area contributed by atoms with Crippen LogP contribution in [0.1, 0.15) is 19.3 Å². The molecule has 0 aromatic carbocycles. The van der Waals surface area contributed by atoms with E-state index in [2.05, 4.69) is 10.6 Å². The SMILES string of the molecule is C1COC(CNCCNC2CC2)OC1. The summed E-state index contributed by atoms with van der Waals surface area (Å²) in [4.78, 5) is 0. The maximum absolute atomic E-state index is 5.41. The first-order valence-corrected chi connectivity index (χ1v) is 5.62. The highest BCUT2D eigenvalue weighted by atomic mass is 16.7. The van der Waals surface area contributed by atoms with E-state index in [0.29, 0.717) is 0 Å². The van der Waals surface area contributed by atoms with Gasteiger partial charge in [0.2, 0.25) is 0 Å². The number of hydrogen-bond donors (Lipinski definition) is 2. The van der Waals surface area contributed by atoms with Crippen molar-refractivity contribution in [1.82, 2.24) is 10.6 Å². The van der Waals surface area contributed by atoms with Crippen molar-refractivity contribution in [3.05, 3.63) is 0 Å². The fourth-order valence-corrected chi connectivity index (χ4v) is 1.53. The van der Waals surface area contributed by atoms with Gasteiger partial charge in [0.15, 0.2) is 6.29 Å². The van der Waals surface area contributed by atoms with Gasteiger partial charge in [-0.05, 0) is 19.3 Å². The van der Waals surface area contributed by atoms with E-state index in [1.165, 1.54) is 12.8 Å². The molecule has 0 amide bonds. The molecule has 0 radical (unpaired) electrons. The standard InChI is InChI=1S/C10H20N2O2/c1-6-13-10(14-7-1)8-11-4-5-12-9-2-3-9/h9-12H,1-8H2. The molecule has 0 aromatic rings. The Balaban J connectivity index is 1.41. The molecule has 1 heterocycles. The van der Waals surface area contributed by atoms with Crippen LogP contribution in [0.3, 0.4) is 0 Å². The summed E-state index contributed by atoms with van der Waals surface area (Å²) in [6, 6.07) is 0.805. The van der Waals surface area contributed by atoms with Gasteiger partial charge in [0.1, 0.15) is 0 Å². The monoisotopic (exact) mass is 200 g/mol. The summed E-state index contributed by atoms with van der Waals surface area (Å²) >= 11 is 0. The Morgan fingerprint density at radius 3 is 2.57 bits per heavy atom. The smallest absolute Gasteiger partial charge is 0.169 e. The molecule has 1 aliphatic carbocycles. The second kappa shape index (κ2) is 5.66. The zero-order chi connectivity index (χ0) is 9.64. The highest BCUT2D eigenvalue weighted by molar-refractivity contribution is 4.80. The van der Waals surface area contributed by atoms with Crippen molar-refractivity contribution in [3.63, 3.8) is 0 Å². The van der Waals surface area contributed by atoms with Crippen LogP contribution in [-0.2, 0) is 9.47 Å². The molecule has 0 aromatic heterocycles. The Kier molecular flexibility index (Phi) is 4.19. The Hall–Kier alpha value is -0.160. The highest BCUT2D eigenvalue weighted by Gasteiger charge is 2.19. The molecule has 2 rings (SSSR count). The van der Waals surface area contributed by atoms with Crippen LogP contribution in [0.4, 0.5) is 0 Å². The van der Waals surface area contributed by atoms with Gasteiger partial charge in [-0.15, -0.1) is 0 Å². The molecule has 1 saturated heterocycles. The minimum Gasteiger partial charge on any atom is -0.351 e. The normalized spacial score (nSPS) is 24.0. The second-order valence-corrected chi connectivity index (χ2v) is 3.96. The average Bonchev–Trinajstić information content (AvgIpc) is 3.03. The molecule has 82 valence electrons. The van der Waals surface area contributed by atoms with Crippen LogP contribution < -0.4 is 10.6 Å². The van der Waals surface area contributed by atoms with E-state index >= 15 is 0 Å². The molecule has 0 unspecified atom stereocenters. The molecule has 0 atom stereocenters. The van der Waals surface area contributed by atoms with Crippen LogP contribution in [0.25, 0.3) is 0 Å². The van der Waals surface area contributed by atoms with E-state index in [4.69, 9.17) is 9.47 Å². The molecular formula is C10H20N2O2. The summed E-state index contributed by atoms with van der Waals surface area (Å²) < 4.78 is 10.8. The van der Waals surface area contributed by atoms with Gasteiger partial charge in [-0.3, -0.25) is 0 Å². The van der Waals surface area contributed by atoms with E-state index in [-0.39, 0.29) is 6.29 Å². The van der Waals surface area contributed by atoms with E-state index in [1.54, 1.807) is 0 Å². The molecule has 2 aliphatic rings. The van der Waals surface area contributed by atoms with Crippen molar-refractivity contribution in [2.75, 3.05) is 32.8 Å². The van der Waals surface area contributed by atoms with Crippen molar-refractivity contribution in [2.45, 2.75) is 31.6 Å². The molecule has 4 heteroatoms. The first-order chi connectivity index (χ1) is 6.95. The predicted octanol–water partition coefficient (Wildman–Crippen LogP) is 0.0910. The first-order valence-electron chi connectivity index (χ1n) is 5.62. The summed E-state index contributed by atoms with van der Waals surface area (Å²) in [6.07, 6.45) is 3.72. The third kappa shape index (κ3) is 3.92. The minimum absolute atomic E-state index is 0.0234. The Morgan fingerprint density at radius 2 is 1.86 bits per heavy atom. The second-order valence-electron chi connectivity index (χ2n) is 3.96. The third-order valence-corrected chi connectivity index (χ3v) is 2.52. The average molecular weight is 200 g/mol. The summed E-state index contributed by atoms with van der Waals surface area (Å²) in [5, 5.41) is 6.78. The third-order valence-electron chi connectivity index (χ3n) is 2.52. The van der Waals surface area contributed by atoms with Crippen LogP contribution in [0.2, 0.25) is 0 Å². The Morgan fingerprint density at radius 1 is 1.07 bits per heavy atom. The van der Waals surface area contributed by atoms with Gasteiger partial charge in [0.05, 0.1) is 13.2 Å². The van der Waals surface area contributed by atoms with Crippen LogP contribution in [0.5, 0.6) is 0 Å². The molecule has 0 spiro atoms. The lowest BCUT2D eigenvalue weighted by Gasteiger charge is -2.23. The zero-order valence-corrected chi connectivity index (χ0v) is 8.63. The van der Waals surface area contributed by atoms with Gasteiger partial charge in [0.25, 0.3) is 0 Å². The topological polar surface area (TPSA) is 42.5 Å². The summed E-state index contributed by atoms with van der Waals surface area (Å²) in [5.41, 5.74) is 0. The van der Waals surface area contributed by atoms with Crippen molar-refractivity contribution in [1.29, 1.82) is 0 Å². The minimum atomic E-state index is -0.0234. The number of nitrogens with one attached hydrogen (secondary N) is 2. The van der Waals surface area contributed by atoms with Crippen LogP contribution in [0, 0.1) is 0 Å². The molecule has 0 bridgehead atoms. The maximum atomic E-state index is 5.41. The van der Waals surface area contributed by atoms with Gasteiger partial charge >= 0.3 is 0 Å². The quantitative estimate of drug-likeness (QED) is 0.596. The summed E-state index contributed by atoms with van der Waals surface area (Å²) in [7, 11) is 0. The van der Waals surface area contributed by atoms with Gasteiger partial charge in [-0.1, -0.05) is 0 Å². The molecular weight excluding hydrogens is 180 g/mol. The Bertz CT molecular complexity index is 156. The van der Waals surface area contributed by atoms with Crippen molar-refractivity contribution >= 4 is 0 Å². The van der Waals surface area contributed by atoms with Gasteiger partial charge in [0, 0.05) is 25.7 Å². The molecule has 14 heavy (non-hydrogen) atoms. The largest absolute Gasteiger partial charge is 0.351 e. The van der Waals surface area contributed by atoms with Crippen LogP contribution in [0.15, 0.2) is 0 Å². The van der Waals surface area contributed by atoms with Crippen molar-refractivity contribution < 1.29 is 9.47 Å². The van der Waals surface area contributed by atoms with Gasteiger partial charge < -0.3 is 20.1 Å². The van der Waals surface area contributed by atoms with E-state index in [0.717, 1.165) is 45.3 Å². The van der Waals surface area contributed by atoms with Crippen molar-refractivity contribution in [2.24, 2.45) is 0 Å². The number of rotatable bonds is 6. The fourth-order valence-electron chi connectivity index (χ4n) is 1.53. The molecule has 1 aliphatic heterocycles. The molecule has 1 saturated carbocycles. The number of ether oxygens (including phenoxy) is 2.